The zero-order chi connectivity index (χ0) is 13.9. The smallest absolute Gasteiger partial charge is 0.0995 e. The molecule has 0 bridgehead atoms. The Balaban J connectivity index is 0.000000205. The minimum atomic E-state index is 0.733. The summed E-state index contributed by atoms with van der Waals surface area (Å²) in [5, 5.41) is 3.16. The molecule has 0 amide bonds. The first-order chi connectivity index (χ1) is 9.72. The van der Waals surface area contributed by atoms with Crippen molar-refractivity contribution in [3.8, 4) is 5.69 Å². The van der Waals surface area contributed by atoms with E-state index in [1.165, 1.54) is 42.9 Å². The molecule has 1 aromatic carbocycles. The van der Waals surface area contributed by atoms with Crippen LogP contribution in [0.5, 0.6) is 0 Å². The van der Waals surface area contributed by atoms with E-state index in [0.29, 0.717) is 0 Å². The van der Waals surface area contributed by atoms with Gasteiger partial charge in [-0.25, -0.2) is 4.98 Å². The zero-order valence-corrected chi connectivity index (χ0v) is 12.3. The molecule has 0 spiro atoms. The van der Waals surface area contributed by atoms with E-state index in [1.54, 1.807) is 0 Å². The SMILES string of the molecule is CC1CNC1.Cc1ccc(-n2cnc(C3CC3)c2)cc1. The number of benzene rings is 1. The van der Waals surface area contributed by atoms with Crippen molar-refractivity contribution in [3.63, 3.8) is 0 Å². The topological polar surface area (TPSA) is 29.9 Å². The molecule has 3 nitrogen and oxygen atoms in total. The molecule has 20 heavy (non-hydrogen) atoms. The first-order valence-corrected chi connectivity index (χ1v) is 7.54. The largest absolute Gasteiger partial charge is 0.316 e. The number of nitrogens with zero attached hydrogens (tertiary/aromatic N) is 2. The summed E-state index contributed by atoms with van der Waals surface area (Å²) >= 11 is 0. The predicted molar refractivity (Wildman–Crippen MR) is 82.3 cm³/mol. The van der Waals surface area contributed by atoms with Gasteiger partial charge in [-0.3, -0.25) is 0 Å². The summed E-state index contributed by atoms with van der Waals surface area (Å²) in [6.07, 6.45) is 6.69. The van der Waals surface area contributed by atoms with Gasteiger partial charge in [-0.05, 0) is 50.9 Å². The van der Waals surface area contributed by atoms with Gasteiger partial charge in [0, 0.05) is 17.8 Å². The Morgan fingerprint density at radius 2 is 1.80 bits per heavy atom. The van der Waals surface area contributed by atoms with E-state index in [-0.39, 0.29) is 0 Å². The molecule has 1 aliphatic carbocycles. The maximum absolute atomic E-state index is 4.44. The second-order valence-corrected chi connectivity index (χ2v) is 6.08. The van der Waals surface area contributed by atoms with Gasteiger partial charge in [-0.2, -0.15) is 0 Å². The van der Waals surface area contributed by atoms with Crippen LogP contribution >= 0.6 is 0 Å². The van der Waals surface area contributed by atoms with Gasteiger partial charge in [0.05, 0.1) is 12.0 Å². The summed E-state index contributed by atoms with van der Waals surface area (Å²) in [4.78, 5) is 4.44. The lowest BCUT2D eigenvalue weighted by molar-refractivity contribution is 0.379. The average molecular weight is 269 g/mol. The fraction of sp³-hybridized carbons (Fsp3) is 0.471. The van der Waals surface area contributed by atoms with E-state index in [2.05, 4.69) is 59.2 Å². The van der Waals surface area contributed by atoms with Crippen LogP contribution < -0.4 is 5.32 Å². The highest BCUT2D eigenvalue weighted by atomic mass is 15.0. The van der Waals surface area contributed by atoms with Crippen molar-refractivity contribution in [1.29, 1.82) is 0 Å². The van der Waals surface area contributed by atoms with Crippen molar-refractivity contribution in [2.24, 2.45) is 5.92 Å². The van der Waals surface area contributed by atoms with E-state index < -0.39 is 0 Å². The molecular formula is C17H23N3. The Morgan fingerprint density at radius 1 is 1.15 bits per heavy atom. The fourth-order valence-corrected chi connectivity index (χ4v) is 2.22. The Labute approximate surface area is 121 Å². The monoisotopic (exact) mass is 269 g/mol. The highest BCUT2D eigenvalue weighted by molar-refractivity contribution is 5.35. The molecule has 4 rings (SSSR count). The number of imidazole rings is 1. The predicted octanol–water partition coefficient (Wildman–Crippen LogP) is 3.28. The molecule has 3 heteroatoms. The highest BCUT2D eigenvalue weighted by Crippen LogP contribution is 2.39. The number of nitrogens with one attached hydrogen (secondary N) is 1. The molecular weight excluding hydrogens is 246 g/mol. The quantitative estimate of drug-likeness (QED) is 0.906. The van der Waals surface area contributed by atoms with Gasteiger partial charge in [-0.15, -0.1) is 0 Å². The van der Waals surface area contributed by atoms with Gasteiger partial charge in [-0.1, -0.05) is 24.6 Å². The molecule has 0 unspecified atom stereocenters. The Morgan fingerprint density at radius 3 is 2.30 bits per heavy atom. The highest BCUT2D eigenvalue weighted by Gasteiger charge is 2.25. The first kappa shape index (κ1) is 13.4. The van der Waals surface area contributed by atoms with Gasteiger partial charge in [0.2, 0.25) is 0 Å². The van der Waals surface area contributed by atoms with Crippen LogP contribution in [0.4, 0.5) is 0 Å². The molecule has 0 atom stereocenters. The van der Waals surface area contributed by atoms with Crippen LogP contribution in [-0.4, -0.2) is 22.6 Å². The summed E-state index contributed by atoms with van der Waals surface area (Å²) in [6, 6.07) is 8.53. The van der Waals surface area contributed by atoms with Crippen LogP contribution in [0.3, 0.4) is 0 Å². The number of hydrogen-bond acceptors (Lipinski definition) is 2. The summed E-state index contributed by atoms with van der Waals surface area (Å²) in [7, 11) is 0. The van der Waals surface area contributed by atoms with Crippen molar-refractivity contribution in [2.45, 2.75) is 32.6 Å². The third-order valence-corrected chi connectivity index (χ3v) is 3.92. The zero-order valence-electron chi connectivity index (χ0n) is 12.3. The molecule has 1 saturated carbocycles. The number of aryl methyl sites for hydroxylation is 1. The lowest BCUT2D eigenvalue weighted by Gasteiger charge is -2.21. The minimum Gasteiger partial charge on any atom is -0.316 e. The Bertz CT molecular complexity index is 548. The van der Waals surface area contributed by atoms with Gasteiger partial charge in [0.15, 0.2) is 0 Å². The maximum Gasteiger partial charge on any atom is 0.0995 e. The van der Waals surface area contributed by atoms with E-state index >= 15 is 0 Å². The summed E-state index contributed by atoms with van der Waals surface area (Å²) < 4.78 is 2.10. The second-order valence-electron chi connectivity index (χ2n) is 6.08. The molecule has 1 aromatic heterocycles. The lowest BCUT2D eigenvalue weighted by atomic mass is 10.1. The number of rotatable bonds is 2. The molecule has 1 saturated heterocycles. The van der Waals surface area contributed by atoms with Crippen molar-refractivity contribution in [3.05, 3.63) is 48.0 Å². The molecule has 1 aliphatic heterocycles. The molecule has 2 heterocycles. The van der Waals surface area contributed by atoms with E-state index in [9.17, 15) is 0 Å². The van der Waals surface area contributed by atoms with Crippen LogP contribution in [0, 0.1) is 12.8 Å². The summed E-state index contributed by atoms with van der Waals surface area (Å²) in [5.41, 5.74) is 3.73. The van der Waals surface area contributed by atoms with Crippen molar-refractivity contribution < 1.29 is 0 Å². The normalized spacial score (nSPS) is 18.1. The maximum atomic E-state index is 4.44. The second kappa shape index (κ2) is 5.80. The first-order valence-electron chi connectivity index (χ1n) is 7.54. The van der Waals surface area contributed by atoms with Gasteiger partial charge < -0.3 is 9.88 Å². The third kappa shape index (κ3) is 3.28. The van der Waals surface area contributed by atoms with Gasteiger partial charge >= 0.3 is 0 Å². The van der Waals surface area contributed by atoms with Crippen LogP contribution in [0.2, 0.25) is 0 Å². The third-order valence-electron chi connectivity index (χ3n) is 3.92. The van der Waals surface area contributed by atoms with Crippen LogP contribution in [-0.2, 0) is 0 Å². The van der Waals surface area contributed by atoms with E-state index in [0.717, 1.165) is 11.8 Å². The average Bonchev–Trinajstić information content (AvgIpc) is 3.16. The molecule has 2 aromatic rings. The van der Waals surface area contributed by atoms with E-state index in [1.807, 2.05) is 6.33 Å². The minimum absolute atomic E-state index is 0.733. The summed E-state index contributed by atoms with van der Waals surface area (Å²) in [6.45, 7) is 6.82. The molecule has 2 fully saturated rings. The number of aromatic nitrogens is 2. The number of hydrogen-bond donors (Lipinski definition) is 1. The van der Waals surface area contributed by atoms with Crippen molar-refractivity contribution >= 4 is 0 Å². The van der Waals surface area contributed by atoms with Gasteiger partial charge in [0.25, 0.3) is 0 Å². The standard InChI is InChI=1S/C13H14N2.C4H9N/c1-10-2-6-12(7-3-10)15-8-13(14-9-15)11-4-5-11;1-4-2-5-3-4/h2-3,6-9,11H,4-5H2,1H3;4-5H,2-3H2,1H3. The van der Waals surface area contributed by atoms with Crippen LogP contribution in [0.15, 0.2) is 36.8 Å². The van der Waals surface area contributed by atoms with Crippen molar-refractivity contribution in [2.75, 3.05) is 13.1 Å². The fourth-order valence-electron chi connectivity index (χ4n) is 2.22. The molecule has 1 N–H and O–H groups in total. The van der Waals surface area contributed by atoms with Crippen LogP contribution in [0.25, 0.3) is 5.69 Å². The Kier molecular flexibility index (Phi) is 3.88. The van der Waals surface area contributed by atoms with Crippen molar-refractivity contribution in [1.82, 2.24) is 14.9 Å². The Hall–Kier alpha value is -1.61. The summed E-state index contributed by atoms with van der Waals surface area (Å²) in [5.74, 6) is 1.69. The lowest BCUT2D eigenvalue weighted by Crippen LogP contribution is -2.39. The van der Waals surface area contributed by atoms with Crippen LogP contribution in [0.1, 0.15) is 36.9 Å². The molecule has 2 aliphatic rings. The molecule has 0 radical (unpaired) electrons. The van der Waals surface area contributed by atoms with E-state index in [4.69, 9.17) is 0 Å². The molecule has 106 valence electrons. The van der Waals surface area contributed by atoms with Gasteiger partial charge in [0.1, 0.15) is 0 Å².